The first-order valence-electron chi connectivity index (χ1n) is 11.0. The number of aromatic hydroxyl groups is 1. The number of methoxy groups -OCH3 is 1. The van der Waals surface area contributed by atoms with Gasteiger partial charge in [-0.3, -0.25) is 4.98 Å². The number of benzene rings is 3. The molecule has 5 nitrogen and oxygen atoms in total. The molecule has 0 aliphatic carbocycles. The summed E-state index contributed by atoms with van der Waals surface area (Å²) < 4.78 is 57.4. The van der Waals surface area contributed by atoms with Crippen molar-refractivity contribution in [1.82, 2.24) is 4.98 Å². The molecule has 0 amide bonds. The third-order valence-corrected chi connectivity index (χ3v) is 6.07. The van der Waals surface area contributed by atoms with Gasteiger partial charge in [-0.2, -0.15) is 13.2 Å². The summed E-state index contributed by atoms with van der Waals surface area (Å²) >= 11 is 0. The number of phenolic OH excluding ortho intramolecular Hbond substituents is 1. The highest BCUT2D eigenvalue weighted by atomic mass is 19.4. The molecule has 1 aliphatic heterocycles. The van der Waals surface area contributed by atoms with Crippen LogP contribution in [-0.2, 0) is 10.9 Å². The van der Waals surface area contributed by atoms with Crippen LogP contribution in [0.1, 0.15) is 29.7 Å². The Kier molecular flexibility index (Phi) is 5.76. The highest BCUT2D eigenvalue weighted by Gasteiger charge is 2.35. The molecule has 4 aromatic rings. The molecular weight excluding hydrogens is 459 g/mol. The van der Waals surface area contributed by atoms with Crippen LogP contribution in [0.5, 0.6) is 17.2 Å². The lowest BCUT2D eigenvalue weighted by atomic mass is 9.87. The molecule has 35 heavy (non-hydrogen) atoms. The SMILES string of the molecule is COC(C)COc1ccc([C@H]2Oc3cc(C(F)(F)F)ccc3-c3cnc4cc(O)ccc4c32)cc1. The number of hydrogen-bond donors (Lipinski definition) is 1. The standard InChI is InChI=1S/C27H22F3NO4/c1-15(33-2)14-34-19-7-3-16(4-8-19)26-25-21-10-6-18(32)12-23(21)31-13-22(25)20-9-5-17(27(28,29)30)11-24(20)35-26/h3-13,15,26,32H,14H2,1-2H3/t15?,26-/m1/s1. The van der Waals surface area contributed by atoms with Crippen molar-refractivity contribution in [3.8, 4) is 28.4 Å². The van der Waals surface area contributed by atoms with Gasteiger partial charge in [0.05, 0.1) is 17.2 Å². The van der Waals surface area contributed by atoms with Crippen LogP contribution in [0.25, 0.3) is 22.0 Å². The number of pyridine rings is 1. The minimum atomic E-state index is -4.49. The molecule has 0 radical (unpaired) electrons. The average Bonchev–Trinajstić information content (AvgIpc) is 2.85. The molecule has 1 aromatic heterocycles. The number of alkyl halides is 3. The fourth-order valence-corrected chi connectivity index (χ4v) is 4.16. The maximum atomic E-state index is 13.4. The van der Waals surface area contributed by atoms with E-state index in [9.17, 15) is 18.3 Å². The number of halogens is 3. The van der Waals surface area contributed by atoms with Crippen molar-refractivity contribution in [2.24, 2.45) is 0 Å². The molecule has 1 N–H and O–H groups in total. The lowest BCUT2D eigenvalue weighted by molar-refractivity contribution is -0.137. The lowest BCUT2D eigenvalue weighted by Gasteiger charge is -2.30. The molecule has 0 bridgehead atoms. The van der Waals surface area contributed by atoms with Crippen molar-refractivity contribution in [2.45, 2.75) is 25.3 Å². The van der Waals surface area contributed by atoms with Crippen LogP contribution in [0, 0.1) is 0 Å². The summed E-state index contributed by atoms with van der Waals surface area (Å²) in [6.45, 7) is 2.27. The van der Waals surface area contributed by atoms with E-state index in [0.29, 0.717) is 29.0 Å². The average molecular weight is 481 g/mol. The molecule has 1 aliphatic rings. The molecule has 5 rings (SSSR count). The van der Waals surface area contributed by atoms with Gasteiger partial charge in [-0.05, 0) is 55.0 Å². The van der Waals surface area contributed by atoms with Gasteiger partial charge in [0.2, 0.25) is 0 Å². The van der Waals surface area contributed by atoms with Crippen molar-refractivity contribution < 1.29 is 32.5 Å². The molecule has 180 valence electrons. The van der Waals surface area contributed by atoms with E-state index in [1.807, 2.05) is 19.1 Å². The van der Waals surface area contributed by atoms with E-state index in [1.54, 1.807) is 43.6 Å². The fourth-order valence-electron chi connectivity index (χ4n) is 4.16. The van der Waals surface area contributed by atoms with Gasteiger partial charge in [-0.25, -0.2) is 0 Å². The van der Waals surface area contributed by atoms with Gasteiger partial charge in [-0.15, -0.1) is 0 Å². The van der Waals surface area contributed by atoms with Crippen molar-refractivity contribution in [3.05, 3.63) is 83.6 Å². The largest absolute Gasteiger partial charge is 0.508 e. The van der Waals surface area contributed by atoms with Gasteiger partial charge in [-0.1, -0.05) is 12.1 Å². The Morgan fingerprint density at radius 1 is 1.03 bits per heavy atom. The monoisotopic (exact) mass is 481 g/mol. The van der Waals surface area contributed by atoms with Crippen LogP contribution in [0.2, 0.25) is 0 Å². The number of hydrogen-bond acceptors (Lipinski definition) is 5. The predicted octanol–water partition coefficient (Wildman–Crippen LogP) is 6.52. The van der Waals surface area contributed by atoms with E-state index in [4.69, 9.17) is 14.2 Å². The number of nitrogens with zero attached hydrogens (tertiary/aromatic N) is 1. The molecule has 2 heterocycles. The fraction of sp³-hybridized carbons (Fsp3) is 0.222. The lowest BCUT2D eigenvalue weighted by Crippen LogP contribution is -2.18. The minimum Gasteiger partial charge on any atom is -0.508 e. The van der Waals surface area contributed by atoms with Gasteiger partial charge < -0.3 is 19.3 Å². The molecule has 0 saturated carbocycles. The normalized spacial score (nSPS) is 15.7. The zero-order chi connectivity index (χ0) is 24.7. The van der Waals surface area contributed by atoms with Crippen LogP contribution in [-0.4, -0.2) is 29.9 Å². The Morgan fingerprint density at radius 3 is 2.51 bits per heavy atom. The number of aromatic nitrogens is 1. The second kappa shape index (κ2) is 8.78. The van der Waals surface area contributed by atoms with Crippen molar-refractivity contribution in [1.29, 1.82) is 0 Å². The predicted molar refractivity (Wildman–Crippen MR) is 125 cm³/mol. The van der Waals surface area contributed by atoms with E-state index in [0.717, 1.165) is 28.6 Å². The van der Waals surface area contributed by atoms with Gasteiger partial charge in [0, 0.05) is 41.4 Å². The van der Waals surface area contributed by atoms with Gasteiger partial charge in [0.25, 0.3) is 0 Å². The number of rotatable bonds is 5. The van der Waals surface area contributed by atoms with Crippen molar-refractivity contribution in [2.75, 3.05) is 13.7 Å². The zero-order valence-corrected chi connectivity index (χ0v) is 19.0. The third-order valence-electron chi connectivity index (χ3n) is 6.07. The van der Waals surface area contributed by atoms with Gasteiger partial charge in [0.1, 0.15) is 23.9 Å². The summed E-state index contributed by atoms with van der Waals surface area (Å²) in [4.78, 5) is 4.45. The Labute approximate surface area is 199 Å². The molecule has 0 spiro atoms. The van der Waals surface area contributed by atoms with Gasteiger partial charge >= 0.3 is 6.18 Å². The van der Waals surface area contributed by atoms with Crippen molar-refractivity contribution in [3.63, 3.8) is 0 Å². The van der Waals surface area contributed by atoms with Crippen LogP contribution >= 0.6 is 0 Å². The minimum absolute atomic E-state index is 0.0697. The summed E-state index contributed by atoms with van der Waals surface area (Å²) in [7, 11) is 1.61. The second-order valence-corrected chi connectivity index (χ2v) is 8.42. The first-order chi connectivity index (χ1) is 16.7. The van der Waals surface area contributed by atoms with Crippen LogP contribution in [0.3, 0.4) is 0 Å². The maximum Gasteiger partial charge on any atom is 0.416 e. The first kappa shape index (κ1) is 23.0. The molecule has 1 unspecified atom stereocenters. The van der Waals surface area contributed by atoms with E-state index in [1.165, 1.54) is 6.07 Å². The summed E-state index contributed by atoms with van der Waals surface area (Å²) in [6.07, 6.45) is -3.64. The molecular formula is C27H22F3NO4. The Morgan fingerprint density at radius 2 is 1.80 bits per heavy atom. The summed E-state index contributed by atoms with van der Waals surface area (Å²) in [5, 5.41) is 10.7. The van der Waals surface area contributed by atoms with Crippen LogP contribution in [0.15, 0.2) is 66.9 Å². The van der Waals surface area contributed by atoms with E-state index >= 15 is 0 Å². The zero-order valence-electron chi connectivity index (χ0n) is 19.0. The van der Waals surface area contributed by atoms with Crippen molar-refractivity contribution >= 4 is 10.9 Å². The molecule has 3 aromatic carbocycles. The quantitative estimate of drug-likeness (QED) is 0.352. The number of fused-ring (bicyclic) bond motifs is 5. The Hall–Kier alpha value is -3.78. The summed E-state index contributed by atoms with van der Waals surface area (Å²) in [5.41, 5.74) is 2.48. The molecule has 0 fully saturated rings. The van der Waals surface area contributed by atoms with E-state index in [-0.39, 0.29) is 17.6 Å². The van der Waals surface area contributed by atoms with Crippen LogP contribution < -0.4 is 9.47 Å². The first-order valence-corrected chi connectivity index (χ1v) is 11.0. The molecule has 2 atom stereocenters. The molecule has 8 heteroatoms. The summed E-state index contributed by atoms with van der Waals surface area (Å²) in [6, 6.07) is 15.5. The maximum absolute atomic E-state index is 13.4. The smallest absolute Gasteiger partial charge is 0.416 e. The van der Waals surface area contributed by atoms with E-state index < -0.39 is 17.8 Å². The third kappa shape index (κ3) is 4.37. The Bertz CT molecular complexity index is 1390. The van der Waals surface area contributed by atoms with Gasteiger partial charge in [0.15, 0.2) is 6.10 Å². The highest BCUT2D eigenvalue weighted by Crippen LogP contribution is 2.48. The molecule has 0 saturated heterocycles. The summed E-state index contributed by atoms with van der Waals surface area (Å²) in [5.74, 6) is 0.838. The Balaban J connectivity index is 1.62. The van der Waals surface area contributed by atoms with Crippen LogP contribution in [0.4, 0.5) is 13.2 Å². The highest BCUT2D eigenvalue weighted by molar-refractivity contribution is 5.92. The van der Waals surface area contributed by atoms with E-state index in [2.05, 4.69) is 4.98 Å². The number of ether oxygens (including phenoxy) is 3. The number of phenols is 1. The second-order valence-electron chi connectivity index (χ2n) is 8.42. The topological polar surface area (TPSA) is 60.8 Å².